The van der Waals surface area contributed by atoms with Crippen molar-refractivity contribution >= 4 is 23.2 Å². The van der Waals surface area contributed by atoms with Crippen LogP contribution in [-0.2, 0) is 0 Å². The second-order valence-electron chi connectivity index (χ2n) is 4.03. The van der Waals surface area contributed by atoms with Crippen LogP contribution in [0, 0.1) is 0 Å². The van der Waals surface area contributed by atoms with Crippen LogP contribution in [0.1, 0.15) is 29.3 Å². The molecule has 1 heterocycles. The van der Waals surface area contributed by atoms with Crippen molar-refractivity contribution < 1.29 is 0 Å². The Morgan fingerprint density at radius 3 is 2.41 bits per heavy atom. The first-order valence-electron chi connectivity index (χ1n) is 5.48. The molecule has 17 heavy (non-hydrogen) atoms. The van der Waals surface area contributed by atoms with E-state index in [1.807, 2.05) is 36.4 Å². The maximum atomic E-state index is 6.48. The second-order valence-corrected chi connectivity index (χ2v) is 4.93. The molecule has 0 bridgehead atoms. The molecule has 1 aromatic heterocycles. The third-order valence-electron chi connectivity index (χ3n) is 2.84. The van der Waals surface area contributed by atoms with Crippen LogP contribution >= 0.6 is 23.2 Å². The van der Waals surface area contributed by atoms with Gasteiger partial charge in [0.2, 0.25) is 0 Å². The fourth-order valence-electron chi connectivity index (χ4n) is 1.80. The van der Waals surface area contributed by atoms with Crippen molar-refractivity contribution in [3.8, 4) is 0 Å². The monoisotopic (exact) mass is 265 g/mol. The Bertz CT molecular complexity index is 485. The molecule has 0 saturated heterocycles. The number of alkyl halides is 1. The van der Waals surface area contributed by atoms with Crippen molar-refractivity contribution in [2.45, 2.75) is 18.2 Å². The largest absolute Gasteiger partial charge is 0.265 e. The van der Waals surface area contributed by atoms with Gasteiger partial charge in [0.25, 0.3) is 0 Å². The van der Waals surface area contributed by atoms with Gasteiger partial charge in [-0.1, -0.05) is 30.7 Å². The number of hydrogen-bond donors (Lipinski definition) is 0. The Morgan fingerprint density at radius 1 is 1.06 bits per heavy atom. The molecule has 1 aromatic carbocycles. The van der Waals surface area contributed by atoms with Crippen molar-refractivity contribution in [3.05, 3.63) is 64.9 Å². The molecule has 2 aromatic rings. The van der Waals surface area contributed by atoms with E-state index in [2.05, 4.69) is 11.9 Å². The Morgan fingerprint density at radius 2 is 1.76 bits per heavy atom. The van der Waals surface area contributed by atoms with Crippen LogP contribution in [0.2, 0.25) is 5.02 Å². The highest BCUT2D eigenvalue weighted by Gasteiger charge is 2.18. The van der Waals surface area contributed by atoms with E-state index in [4.69, 9.17) is 23.2 Å². The molecular weight excluding hydrogens is 253 g/mol. The fourth-order valence-corrected chi connectivity index (χ4v) is 2.28. The summed E-state index contributed by atoms with van der Waals surface area (Å²) in [4.78, 5) is 4.01. The van der Waals surface area contributed by atoms with Gasteiger partial charge >= 0.3 is 0 Å². The molecule has 0 radical (unpaired) electrons. The molecule has 0 fully saturated rings. The lowest BCUT2D eigenvalue weighted by atomic mass is 9.94. The van der Waals surface area contributed by atoms with Gasteiger partial charge in [0.15, 0.2) is 0 Å². The topological polar surface area (TPSA) is 12.9 Å². The average molecular weight is 266 g/mol. The summed E-state index contributed by atoms with van der Waals surface area (Å²) in [5.74, 6) is 0.220. The van der Waals surface area contributed by atoms with Crippen LogP contribution in [0.25, 0.3) is 0 Å². The molecule has 0 N–H and O–H groups in total. The number of pyridine rings is 1. The molecule has 0 saturated carbocycles. The van der Waals surface area contributed by atoms with Crippen molar-refractivity contribution in [3.63, 3.8) is 0 Å². The Labute approximate surface area is 111 Å². The lowest BCUT2D eigenvalue weighted by Gasteiger charge is -2.18. The molecule has 3 heteroatoms. The predicted molar refractivity (Wildman–Crippen MR) is 72.7 cm³/mol. The number of hydrogen-bond acceptors (Lipinski definition) is 1. The summed E-state index contributed by atoms with van der Waals surface area (Å²) in [6, 6.07) is 11.7. The standard InChI is InChI=1S/C14H13Cl2N/c1-10(11-5-7-17-8-6-11)14(16)12-3-2-4-13(15)9-12/h2-10,14H,1H3. The van der Waals surface area contributed by atoms with Gasteiger partial charge in [-0.3, -0.25) is 4.98 Å². The first-order chi connectivity index (χ1) is 8.18. The Kier molecular flexibility index (Phi) is 4.03. The van der Waals surface area contributed by atoms with E-state index >= 15 is 0 Å². The van der Waals surface area contributed by atoms with Gasteiger partial charge in [0.05, 0.1) is 5.38 Å². The van der Waals surface area contributed by atoms with Crippen LogP contribution in [-0.4, -0.2) is 4.98 Å². The highest BCUT2D eigenvalue weighted by Crippen LogP contribution is 2.36. The molecule has 0 aliphatic carbocycles. The molecule has 2 unspecified atom stereocenters. The molecule has 1 nitrogen and oxygen atoms in total. The molecule has 0 amide bonds. The summed E-state index contributed by atoms with van der Waals surface area (Å²) in [7, 11) is 0. The van der Waals surface area contributed by atoms with E-state index in [0.29, 0.717) is 0 Å². The van der Waals surface area contributed by atoms with Crippen molar-refractivity contribution in [2.75, 3.05) is 0 Å². The van der Waals surface area contributed by atoms with E-state index in [-0.39, 0.29) is 11.3 Å². The van der Waals surface area contributed by atoms with Gasteiger partial charge in [0, 0.05) is 23.3 Å². The lowest BCUT2D eigenvalue weighted by molar-refractivity contribution is 0.730. The van der Waals surface area contributed by atoms with Crippen LogP contribution in [0.5, 0.6) is 0 Å². The minimum atomic E-state index is -0.0869. The number of nitrogens with zero attached hydrogens (tertiary/aromatic N) is 1. The molecule has 88 valence electrons. The number of aromatic nitrogens is 1. The molecule has 2 atom stereocenters. The third-order valence-corrected chi connectivity index (χ3v) is 3.70. The normalized spacial score (nSPS) is 14.3. The second kappa shape index (κ2) is 5.52. The Hall–Kier alpha value is -1.05. The van der Waals surface area contributed by atoms with Crippen LogP contribution in [0.3, 0.4) is 0 Å². The first-order valence-corrected chi connectivity index (χ1v) is 6.29. The van der Waals surface area contributed by atoms with Gasteiger partial charge in [-0.25, -0.2) is 0 Å². The number of rotatable bonds is 3. The van der Waals surface area contributed by atoms with E-state index in [1.165, 1.54) is 5.56 Å². The van der Waals surface area contributed by atoms with Crippen LogP contribution in [0.4, 0.5) is 0 Å². The zero-order chi connectivity index (χ0) is 12.3. The highest BCUT2D eigenvalue weighted by molar-refractivity contribution is 6.30. The minimum Gasteiger partial charge on any atom is -0.265 e. The first kappa shape index (κ1) is 12.4. The fraction of sp³-hybridized carbons (Fsp3) is 0.214. The summed E-state index contributed by atoms with van der Waals surface area (Å²) >= 11 is 12.5. The molecular formula is C14H13Cl2N. The molecule has 2 rings (SSSR count). The Balaban J connectivity index is 2.23. The maximum absolute atomic E-state index is 6.48. The maximum Gasteiger partial charge on any atom is 0.0651 e. The summed E-state index contributed by atoms with van der Waals surface area (Å²) < 4.78 is 0. The third kappa shape index (κ3) is 2.99. The van der Waals surface area contributed by atoms with Gasteiger partial charge in [-0.2, -0.15) is 0 Å². The highest BCUT2D eigenvalue weighted by atomic mass is 35.5. The van der Waals surface area contributed by atoms with Gasteiger partial charge in [0.1, 0.15) is 0 Å². The van der Waals surface area contributed by atoms with Crippen LogP contribution < -0.4 is 0 Å². The van der Waals surface area contributed by atoms with Crippen molar-refractivity contribution in [2.24, 2.45) is 0 Å². The summed E-state index contributed by atoms with van der Waals surface area (Å²) in [5.41, 5.74) is 2.23. The molecule has 0 aliphatic heterocycles. The quantitative estimate of drug-likeness (QED) is 0.726. The van der Waals surface area contributed by atoms with Crippen molar-refractivity contribution in [1.29, 1.82) is 0 Å². The zero-order valence-electron chi connectivity index (χ0n) is 9.48. The van der Waals surface area contributed by atoms with Gasteiger partial charge in [-0.05, 0) is 35.4 Å². The average Bonchev–Trinajstić information content (AvgIpc) is 2.38. The van der Waals surface area contributed by atoms with E-state index in [0.717, 1.165) is 10.6 Å². The number of halogens is 2. The molecule has 0 aliphatic rings. The lowest BCUT2D eigenvalue weighted by Crippen LogP contribution is -2.02. The smallest absolute Gasteiger partial charge is 0.0651 e. The van der Waals surface area contributed by atoms with E-state index in [9.17, 15) is 0 Å². The number of benzene rings is 1. The molecule has 0 spiro atoms. The summed E-state index contributed by atoms with van der Waals surface area (Å²) in [5, 5.41) is 0.631. The van der Waals surface area contributed by atoms with Crippen molar-refractivity contribution in [1.82, 2.24) is 4.98 Å². The van der Waals surface area contributed by atoms with Gasteiger partial charge < -0.3 is 0 Å². The summed E-state index contributed by atoms with van der Waals surface area (Å²) in [6.45, 7) is 2.11. The van der Waals surface area contributed by atoms with E-state index in [1.54, 1.807) is 12.4 Å². The minimum absolute atomic E-state index is 0.0869. The van der Waals surface area contributed by atoms with E-state index < -0.39 is 0 Å². The summed E-state index contributed by atoms with van der Waals surface area (Å²) in [6.07, 6.45) is 3.57. The van der Waals surface area contributed by atoms with Gasteiger partial charge in [-0.15, -0.1) is 11.6 Å². The SMILES string of the molecule is CC(c1ccncc1)C(Cl)c1cccc(Cl)c1. The zero-order valence-corrected chi connectivity index (χ0v) is 11.0. The van der Waals surface area contributed by atoms with Crippen LogP contribution in [0.15, 0.2) is 48.8 Å². The predicted octanol–water partition coefficient (Wildman–Crippen LogP) is 4.82.